The second-order valence-corrected chi connectivity index (χ2v) is 9.50. The van der Waals surface area contributed by atoms with E-state index in [1.54, 1.807) is 6.07 Å². The fourth-order valence-corrected chi connectivity index (χ4v) is 5.22. The Morgan fingerprint density at radius 2 is 1.84 bits per heavy atom. The number of anilines is 2. The minimum absolute atomic E-state index is 0.0770. The summed E-state index contributed by atoms with van der Waals surface area (Å²) in [6.45, 7) is 1.81. The van der Waals surface area contributed by atoms with Gasteiger partial charge in [-0.25, -0.2) is 12.8 Å². The SMILES string of the molecule is O=C1CN(S(=O)(=O)c2cccc(C(=O)Nc3cc(F)cc(N4CCCC4)c3)c2)CCN1. The molecular weight excluding hydrogens is 423 g/mol. The van der Waals surface area contributed by atoms with Gasteiger partial charge in [0.25, 0.3) is 5.91 Å². The van der Waals surface area contributed by atoms with Crippen LogP contribution in [0.15, 0.2) is 47.4 Å². The van der Waals surface area contributed by atoms with Crippen molar-refractivity contribution in [3.05, 3.63) is 53.8 Å². The molecule has 0 aromatic heterocycles. The number of piperazine rings is 1. The number of benzene rings is 2. The van der Waals surface area contributed by atoms with Crippen LogP contribution in [0.3, 0.4) is 0 Å². The largest absolute Gasteiger partial charge is 0.371 e. The zero-order valence-corrected chi connectivity index (χ0v) is 17.6. The van der Waals surface area contributed by atoms with E-state index in [0.29, 0.717) is 11.4 Å². The molecule has 31 heavy (non-hydrogen) atoms. The molecule has 0 aliphatic carbocycles. The van der Waals surface area contributed by atoms with Crippen molar-refractivity contribution in [3.63, 3.8) is 0 Å². The highest BCUT2D eigenvalue weighted by Gasteiger charge is 2.29. The van der Waals surface area contributed by atoms with Crippen molar-refractivity contribution in [2.75, 3.05) is 42.9 Å². The van der Waals surface area contributed by atoms with Crippen LogP contribution >= 0.6 is 0 Å². The first-order valence-electron chi connectivity index (χ1n) is 10.1. The van der Waals surface area contributed by atoms with Gasteiger partial charge in [0.15, 0.2) is 0 Å². The van der Waals surface area contributed by atoms with E-state index in [-0.39, 0.29) is 36.0 Å². The third-order valence-electron chi connectivity index (χ3n) is 5.35. The fourth-order valence-electron chi connectivity index (χ4n) is 3.77. The number of nitrogens with zero attached hydrogens (tertiary/aromatic N) is 2. The van der Waals surface area contributed by atoms with Crippen molar-refractivity contribution in [1.29, 1.82) is 0 Å². The minimum Gasteiger partial charge on any atom is -0.371 e. The van der Waals surface area contributed by atoms with Crippen molar-refractivity contribution in [3.8, 4) is 0 Å². The minimum atomic E-state index is -3.92. The van der Waals surface area contributed by atoms with Crippen molar-refractivity contribution in [1.82, 2.24) is 9.62 Å². The van der Waals surface area contributed by atoms with E-state index < -0.39 is 21.7 Å². The molecule has 2 amide bonds. The van der Waals surface area contributed by atoms with Crippen LogP contribution in [0.1, 0.15) is 23.2 Å². The first-order valence-corrected chi connectivity index (χ1v) is 11.5. The van der Waals surface area contributed by atoms with Crippen molar-refractivity contribution in [2.45, 2.75) is 17.7 Å². The van der Waals surface area contributed by atoms with E-state index in [1.807, 2.05) is 0 Å². The van der Waals surface area contributed by atoms with Crippen LogP contribution in [0.4, 0.5) is 15.8 Å². The van der Waals surface area contributed by atoms with E-state index in [1.165, 1.54) is 36.4 Å². The van der Waals surface area contributed by atoms with Crippen LogP contribution in [0, 0.1) is 5.82 Å². The van der Waals surface area contributed by atoms with Gasteiger partial charge >= 0.3 is 0 Å². The highest BCUT2D eigenvalue weighted by molar-refractivity contribution is 7.89. The molecule has 8 nitrogen and oxygen atoms in total. The van der Waals surface area contributed by atoms with Gasteiger partial charge in [0.1, 0.15) is 5.82 Å². The molecule has 0 spiro atoms. The Morgan fingerprint density at radius 1 is 1.06 bits per heavy atom. The number of sulfonamides is 1. The van der Waals surface area contributed by atoms with E-state index in [4.69, 9.17) is 0 Å². The zero-order chi connectivity index (χ0) is 22.0. The molecule has 2 heterocycles. The van der Waals surface area contributed by atoms with Gasteiger partial charge in [0, 0.05) is 43.1 Å². The van der Waals surface area contributed by atoms with Crippen LogP contribution in [-0.4, -0.2) is 57.3 Å². The Bertz CT molecular complexity index is 1120. The monoisotopic (exact) mass is 446 g/mol. The smallest absolute Gasteiger partial charge is 0.255 e. The van der Waals surface area contributed by atoms with Crippen LogP contribution < -0.4 is 15.5 Å². The summed E-state index contributed by atoms with van der Waals surface area (Å²) in [6.07, 6.45) is 2.08. The van der Waals surface area contributed by atoms with Gasteiger partial charge in [0.2, 0.25) is 15.9 Å². The maximum Gasteiger partial charge on any atom is 0.255 e. The summed E-state index contributed by atoms with van der Waals surface area (Å²) in [6, 6.07) is 9.96. The fraction of sp³-hybridized carbons (Fsp3) is 0.333. The molecule has 0 radical (unpaired) electrons. The Hall–Kier alpha value is -2.98. The molecule has 0 unspecified atom stereocenters. The molecule has 10 heteroatoms. The number of carbonyl (C=O) groups excluding carboxylic acids is 2. The predicted octanol–water partition coefficient (Wildman–Crippen LogP) is 1.80. The average molecular weight is 447 g/mol. The standard InChI is InChI=1S/C21H23FN4O4S/c22-16-11-17(13-18(12-16)25-7-1-2-8-25)24-21(28)15-4-3-5-19(10-15)31(29,30)26-9-6-23-20(27)14-26/h3-5,10-13H,1-2,6-9,14H2,(H,23,27)(H,24,28). The number of rotatable bonds is 5. The van der Waals surface area contributed by atoms with E-state index >= 15 is 0 Å². The Balaban J connectivity index is 1.54. The lowest BCUT2D eigenvalue weighted by Crippen LogP contribution is -2.49. The molecule has 4 rings (SSSR count). The maximum atomic E-state index is 14.1. The van der Waals surface area contributed by atoms with Gasteiger partial charge in [-0.05, 0) is 49.2 Å². The van der Waals surface area contributed by atoms with Gasteiger partial charge < -0.3 is 15.5 Å². The number of amides is 2. The molecule has 2 saturated heterocycles. The molecule has 2 aliphatic heterocycles. The van der Waals surface area contributed by atoms with Crippen molar-refractivity contribution < 1.29 is 22.4 Å². The number of nitrogens with one attached hydrogen (secondary N) is 2. The summed E-state index contributed by atoms with van der Waals surface area (Å²) >= 11 is 0. The molecule has 2 aromatic carbocycles. The van der Waals surface area contributed by atoms with Crippen LogP contribution in [0.25, 0.3) is 0 Å². The van der Waals surface area contributed by atoms with Crippen LogP contribution in [0.5, 0.6) is 0 Å². The lowest BCUT2D eigenvalue weighted by molar-refractivity contribution is -0.122. The lowest BCUT2D eigenvalue weighted by atomic mass is 10.2. The molecule has 0 saturated carbocycles. The molecule has 2 aromatic rings. The Morgan fingerprint density at radius 3 is 2.58 bits per heavy atom. The number of halogens is 1. The Kier molecular flexibility index (Phi) is 5.92. The number of hydrogen-bond donors (Lipinski definition) is 2. The molecule has 2 fully saturated rings. The zero-order valence-electron chi connectivity index (χ0n) is 16.8. The predicted molar refractivity (Wildman–Crippen MR) is 114 cm³/mol. The summed E-state index contributed by atoms with van der Waals surface area (Å²) in [5.74, 6) is -1.38. The van der Waals surface area contributed by atoms with Gasteiger partial charge in [-0.1, -0.05) is 6.07 Å². The summed E-state index contributed by atoms with van der Waals surface area (Å²) in [5, 5.41) is 5.23. The second-order valence-electron chi connectivity index (χ2n) is 7.56. The normalized spacial score (nSPS) is 17.5. The van der Waals surface area contributed by atoms with Gasteiger partial charge in [0.05, 0.1) is 11.4 Å². The number of hydrogen-bond acceptors (Lipinski definition) is 5. The second kappa shape index (κ2) is 8.64. The van der Waals surface area contributed by atoms with Gasteiger partial charge in [-0.15, -0.1) is 0 Å². The molecular formula is C21H23FN4O4S. The first-order chi connectivity index (χ1) is 14.8. The molecule has 0 bridgehead atoms. The van der Waals surface area contributed by atoms with Gasteiger partial charge in [-0.2, -0.15) is 4.31 Å². The summed E-state index contributed by atoms with van der Waals surface area (Å²) < 4.78 is 40.9. The molecule has 0 atom stereocenters. The number of carbonyl (C=O) groups is 2. The highest BCUT2D eigenvalue weighted by Crippen LogP contribution is 2.26. The van der Waals surface area contributed by atoms with E-state index in [2.05, 4.69) is 15.5 Å². The topological polar surface area (TPSA) is 98.8 Å². The third-order valence-corrected chi connectivity index (χ3v) is 7.19. The highest BCUT2D eigenvalue weighted by atomic mass is 32.2. The quantitative estimate of drug-likeness (QED) is 0.730. The van der Waals surface area contributed by atoms with Crippen LogP contribution in [0.2, 0.25) is 0 Å². The average Bonchev–Trinajstić information content (AvgIpc) is 3.28. The molecule has 164 valence electrons. The van der Waals surface area contributed by atoms with Crippen molar-refractivity contribution in [2.24, 2.45) is 0 Å². The maximum absolute atomic E-state index is 14.1. The summed E-state index contributed by atoms with van der Waals surface area (Å²) in [7, 11) is -3.92. The lowest BCUT2D eigenvalue weighted by Gasteiger charge is -2.26. The van der Waals surface area contributed by atoms with Crippen LogP contribution in [-0.2, 0) is 14.8 Å². The molecule has 2 N–H and O–H groups in total. The Labute approximate surface area is 180 Å². The van der Waals surface area contributed by atoms with E-state index in [9.17, 15) is 22.4 Å². The third kappa shape index (κ3) is 4.70. The summed E-state index contributed by atoms with van der Waals surface area (Å²) in [4.78, 5) is 26.3. The summed E-state index contributed by atoms with van der Waals surface area (Å²) in [5.41, 5.74) is 1.12. The molecule has 2 aliphatic rings. The van der Waals surface area contributed by atoms with Gasteiger partial charge in [-0.3, -0.25) is 9.59 Å². The van der Waals surface area contributed by atoms with E-state index in [0.717, 1.165) is 30.2 Å². The van der Waals surface area contributed by atoms with Crippen molar-refractivity contribution >= 4 is 33.2 Å². The first kappa shape index (κ1) is 21.3.